The van der Waals surface area contributed by atoms with E-state index in [1.165, 1.54) is 5.56 Å². The highest BCUT2D eigenvalue weighted by Crippen LogP contribution is 2.29. The van der Waals surface area contributed by atoms with E-state index in [9.17, 15) is 0 Å². The van der Waals surface area contributed by atoms with Gasteiger partial charge in [-0.1, -0.05) is 35.9 Å². The first-order chi connectivity index (χ1) is 11.2. The average Bonchev–Trinajstić information content (AvgIpc) is 3.19. The quantitative estimate of drug-likeness (QED) is 0.621. The van der Waals surface area contributed by atoms with Gasteiger partial charge in [-0.25, -0.2) is 4.68 Å². The lowest BCUT2D eigenvalue weighted by Gasteiger charge is -2.00. The number of hydrogen-bond donors (Lipinski definition) is 1. The molecule has 0 unspecified atom stereocenters. The Kier molecular flexibility index (Phi) is 3.24. The van der Waals surface area contributed by atoms with Crippen LogP contribution in [0.2, 0.25) is 0 Å². The summed E-state index contributed by atoms with van der Waals surface area (Å²) in [4.78, 5) is 0. The molecule has 2 heterocycles. The average molecular weight is 303 g/mol. The smallest absolute Gasteiger partial charge is 0.156 e. The Labute approximate surface area is 134 Å². The van der Waals surface area contributed by atoms with E-state index >= 15 is 0 Å². The molecule has 2 aromatic carbocycles. The van der Waals surface area contributed by atoms with Gasteiger partial charge in [-0.15, -0.1) is 0 Å². The molecule has 0 saturated carbocycles. The molecule has 0 amide bonds. The van der Waals surface area contributed by atoms with Crippen LogP contribution in [0, 0.1) is 6.92 Å². The van der Waals surface area contributed by atoms with Gasteiger partial charge in [0, 0.05) is 23.7 Å². The lowest BCUT2D eigenvalue weighted by molar-refractivity contribution is 0.626. The molecule has 0 saturated heterocycles. The van der Waals surface area contributed by atoms with Crippen molar-refractivity contribution in [1.29, 1.82) is 0 Å². The van der Waals surface area contributed by atoms with Crippen LogP contribution in [0.4, 0.5) is 0 Å². The topological polar surface area (TPSA) is 57.0 Å². The van der Waals surface area contributed by atoms with Gasteiger partial charge in [0.2, 0.25) is 0 Å². The van der Waals surface area contributed by atoms with Crippen molar-refractivity contribution in [2.75, 3.05) is 0 Å². The molecule has 0 spiro atoms. The number of rotatable bonds is 3. The van der Waals surface area contributed by atoms with Crippen LogP contribution >= 0.6 is 0 Å². The van der Waals surface area contributed by atoms with Crippen LogP contribution in [-0.4, -0.2) is 9.78 Å². The maximum Gasteiger partial charge on any atom is 0.156 e. The summed E-state index contributed by atoms with van der Waals surface area (Å²) in [6.45, 7) is 2.48. The Hall–Kier alpha value is -2.85. The second-order valence-corrected chi connectivity index (χ2v) is 5.64. The lowest BCUT2D eigenvalue weighted by Crippen LogP contribution is -1.96. The van der Waals surface area contributed by atoms with Crippen LogP contribution in [0.5, 0.6) is 0 Å². The van der Waals surface area contributed by atoms with Crippen LogP contribution in [-0.2, 0) is 6.54 Å². The van der Waals surface area contributed by atoms with E-state index in [2.05, 4.69) is 24.2 Å². The monoisotopic (exact) mass is 303 g/mol. The Bertz CT molecular complexity index is 931. The fraction of sp³-hybridized carbons (Fsp3) is 0.105. The molecule has 4 rings (SSSR count). The van der Waals surface area contributed by atoms with E-state index in [4.69, 9.17) is 10.2 Å². The van der Waals surface area contributed by atoms with E-state index in [0.717, 1.165) is 33.7 Å². The molecule has 0 aliphatic heterocycles. The molecular formula is C19H17N3O. The summed E-state index contributed by atoms with van der Waals surface area (Å²) in [5, 5.41) is 5.75. The van der Waals surface area contributed by atoms with Crippen molar-refractivity contribution < 1.29 is 4.42 Å². The van der Waals surface area contributed by atoms with Crippen LogP contribution in [0.25, 0.3) is 28.1 Å². The molecule has 23 heavy (non-hydrogen) atoms. The number of para-hydroxylation sites is 1. The van der Waals surface area contributed by atoms with Crippen molar-refractivity contribution >= 4 is 11.0 Å². The summed E-state index contributed by atoms with van der Waals surface area (Å²) >= 11 is 0. The lowest BCUT2D eigenvalue weighted by atomic mass is 10.2. The van der Waals surface area contributed by atoms with Crippen LogP contribution in [0.1, 0.15) is 11.1 Å². The zero-order valence-corrected chi connectivity index (χ0v) is 12.9. The number of nitrogens with zero attached hydrogens (tertiary/aromatic N) is 2. The summed E-state index contributed by atoms with van der Waals surface area (Å²) in [7, 11) is 0. The van der Waals surface area contributed by atoms with Gasteiger partial charge >= 0.3 is 0 Å². The summed E-state index contributed by atoms with van der Waals surface area (Å²) in [6.07, 6.45) is 1.97. The predicted octanol–water partition coefficient (Wildman–Crippen LogP) is 4.05. The van der Waals surface area contributed by atoms with Gasteiger partial charge in [0.05, 0.1) is 5.69 Å². The fourth-order valence-corrected chi connectivity index (χ4v) is 2.69. The third-order valence-electron chi connectivity index (χ3n) is 3.97. The first-order valence-electron chi connectivity index (χ1n) is 7.59. The van der Waals surface area contributed by atoms with E-state index in [-0.39, 0.29) is 0 Å². The molecule has 0 fully saturated rings. The van der Waals surface area contributed by atoms with Gasteiger partial charge in [-0.3, -0.25) is 0 Å². The number of aromatic nitrogens is 2. The number of furan rings is 1. The third-order valence-corrected chi connectivity index (χ3v) is 3.97. The summed E-state index contributed by atoms with van der Waals surface area (Å²) in [6, 6.07) is 18.2. The van der Waals surface area contributed by atoms with Crippen molar-refractivity contribution in [3.63, 3.8) is 0 Å². The fourth-order valence-electron chi connectivity index (χ4n) is 2.69. The van der Waals surface area contributed by atoms with Gasteiger partial charge in [0.1, 0.15) is 11.3 Å². The maximum absolute atomic E-state index is 5.93. The van der Waals surface area contributed by atoms with E-state index < -0.39 is 0 Å². The Balaban J connectivity index is 1.83. The maximum atomic E-state index is 5.93. The second-order valence-electron chi connectivity index (χ2n) is 5.64. The number of nitrogens with two attached hydrogens (primary N) is 1. The number of hydrogen-bond acceptors (Lipinski definition) is 3. The summed E-state index contributed by atoms with van der Waals surface area (Å²) in [5.74, 6) is 0.748. The molecule has 2 aromatic heterocycles. The number of benzene rings is 2. The van der Waals surface area contributed by atoms with E-state index in [1.54, 1.807) is 0 Å². The minimum Gasteiger partial charge on any atom is -0.454 e. The highest BCUT2D eigenvalue weighted by Gasteiger charge is 2.15. The Morgan fingerprint density at radius 2 is 1.87 bits per heavy atom. The Morgan fingerprint density at radius 1 is 1.09 bits per heavy atom. The van der Waals surface area contributed by atoms with Gasteiger partial charge < -0.3 is 10.2 Å². The molecule has 0 atom stereocenters. The molecule has 0 bridgehead atoms. The molecule has 0 aliphatic rings. The second kappa shape index (κ2) is 5.41. The highest BCUT2D eigenvalue weighted by atomic mass is 16.3. The molecule has 2 N–H and O–H groups in total. The van der Waals surface area contributed by atoms with Crippen molar-refractivity contribution in [3.05, 3.63) is 71.9 Å². The Morgan fingerprint density at radius 3 is 2.61 bits per heavy atom. The number of aryl methyl sites for hydroxylation is 1. The third kappa shape index (κ3) is 2.43. The molecule has 0 aliphatic carbocycles. The molecule has 114 valence electrons. The SMILES string of the molecule is Cc1ccc(-n2cc(CN)c(-c3cc4ccccc4o3)n2)cc1. The minimum absolute atomic E-state index is 0.415. The number of fused-ring (bicyclic) bond motifs is 1. The van der Waals surface area contributed by atoms with E-state index in [1.807, 2.05) is 53.3 Å². The predicted molar refractivity (Wildman–Crippen MR) is 91.4 cm³/mol. The van der Waals surface area contributed by atoms with Gasteiger partial charge in [0.25, 0.3) is 0 Å². The van der Waals surface area contributed by atoms with Crippen molar-refractivity contribution in [2.45, 2.75) is 13.5 Å². The standard InChI is InChI=1S/C19H17N3O/c1-13-6-8-16(9-7-13)22-12-15(11-20)19(21-22)18-10-14-4-2-3-5-17(14)23-18/h2-10,12H,11,20H2,1H3. The highest BCUT2D eigenvalue weighted by molar-refractivity contribution is 5.82. The molecule has 0 radical (unpaired) electrons. The van der Waals surface area contributed by atoms with Gasteiger partial charge in [0.15, 0.2) is 5.76 Å². The first kappa shape index (κ1) is 13.8. The van der Waals surface area contributed by atoms with Crippen molar-refractivity contribution in [2.24, 2.45) is 5.73 Å². The zero-order valence-electron chi connectivity index (χ0n) is 12.9. The van der Waals surface area contributed by atoms with E-state index in [0.29, 0.717) is 6.54 Å². The summed E-state index contributed by atoms with van der Waals surface area (Å²) in [5.41, 5.74) is 10.7. The molecule has 4 nitrogen and oxygen atoms in total. The summed E-state index contributed by atoms with van der Waals surface area (Å²) < 4.78 is 7.78. The molecule has 4 heteroatoms. The van der Waals surface area contributed by atoms with Crippen LogP contribution in [0.3, 0.4) is 0 Å². The van der Waals surface area contributed by atoms with Gasteiger partial charge in [-0.2, -0.15) is 5.10 Å². The molecular weight excluding hydrogens is 286 g/mol. The van der Waals surface area contributed by atoms with Crippen molar-refractivity contribution in [1.82, 2.24) is 9.78 Å². The first-order valence-corrected chi connectivity index (χ1v) is 7.59. The van der Waals surface area contributed by atoms with Crippen LogP contribution < -0.4 is 5.73 Å². The van der Waals surface area contributed by atoms with Crippen molar-refractivity contribution in [3.8, 4) is 17.1 Å². The minimum atomic E-state index is 0.415. The van der Waals surface area contributed by atoms with Crippen LogP contribution in [0.15, 0.2) is 65.2 Å². The normalized spacial score (nSPS) is 11.2. The van der Waals surface area contributed by atoms with Gasteiger partial charge in [-0.05, 0) is 31.2 Å². The zero-order chi connectivity index (χ0) is 15.8. The largest absolute Gasteiger partial charge is 0.454 e. The molecule has 4 aromatic rings.